The average Bonchev–Trinajstić information content (AvgIpc) is 2.82. The Labute approximate surface area is 134 Å². The van der Waals surface area contributed by atoms with E-state index in [0.717, 1.165) is 6.07 Å². The summed E-state index contributed by atoms with van der Waals surface area (Å²) in [6, 6.07) is 4.01. The van der Waals surface area contributed by atoms with Gasteiger partial charge in [0.05, 0.1) is 5.03 Å². The number of allylic oxidation sites excluding steroid dienone is 2. The minimum atomic E-state index is -4.43. The Morgan fingerprint density at radius 3 is 2.64 bits per heavy atom. The molecule has 2 aromatic rings. The number of nitrogens with zero attached hydrogens (tertiary/aromatic N) is 1. The zero-order valence-electron chi connectivity index (χ0n) is 11.4. The summed E-state index contributed by atoms with van der Waals surface area (Å²) < 4.78 is 38.1. The van der Waals surface area contributed by atoms with Crippen molar-refractivity contribution in [1.82, 2.24) is 4.98 Å². The Balaban J connectivity index is 2.43. The summed E-state index contributed by atoms with van der Waals surface area (Å²) in [6.45, 7) is 1.81. The van der Waals surface area contributed by atoms with Gasteiger partial charge in [-0.25, -0.2) is 0 Å². The molecule has 0 aliphatic heterocycles. The standard InChI is InChI=1S/C15H11Cl2F3N2/c1-2-3-21-8-11(16)5-9-4-10-6-14(15(18,19)20)22-13(10)7-12(9)17/h2-8,22H,1H3/b3-2-,11-5-,21-8-. The molecule has 1 N–H and O–H groups in total. The first kappa shape index (κ1) is 16.6. The van der Waals surface area contributed by atoms with Crippen LogP contribution in [0.5, 0.6) is 0 Å². The van der Waals surface area contributed by atoms with Gasteiger partial charge in [0.2, 0.25) is 0 Å². The molecule has 0 bridgehead atoms. The van der Waals surface area contributed by atoms with Crippen LogP contribution in [0.2, 0.25) is 5.02 Å². The van der Waals surface area contributed by atoms with E-state index in [1.807, 2.05) is 6.92 Å². The predicted octanol–water partition coefficient (Wildman–Crippen LogP) is 6.02. The maximum Gasteiger partial charge on any atom is 0.431 e. The first-order valence-corrected chi connectivity index (χ1v) is 6.98. The lowest BCUT2D eigenvalue weighted by Crippen LogP contribution is -2.04. The molecule has 1 heterocycles. The zero-order chi connectivity index (χ0) is 16.3. The van der Waals surface area contributed by atoms with E-state index in [0.29, 0.717) is 26.5 Å². The van der Waals surface area contributed by atoms with Crippen molar-refractivity contribution >= 4 is 46.4 Å². The van der Waals surface area contributed by atoms with Crippen LogP contribution >= 0.6 is 23.2 Å². The van der Waals surface area contributed by atoms with Crippen LogP contribution in [-0.2, 0) is 6.18 Å². The number of benzene rings is 1. The molecule has 0 spiro atoms. The summed E-state index contributed by atoms with van der Waals surface area (Å²) in [5.74, 6) is 0. The van der Waals surface area contributed by atoms with Gasteiger partial charge in [-0.3, -0.25) is 4.99 Å². The van der Waals surface area contributed by atoms with E-state index in [4.69, 9.17) is 23.2 Å². The highest BCUT2D eigenvalue weighted by Crippen LogP contribution is 2.33. The molecule has 2 nitrogen and oxygen atoms in total. The largest absolute Gasteiger partial charge is 0.431 e. The Bertz CT molecular complexity index is 771. The summed E-state index contributed by atoms with van der Waals surface area (Å²) in [7, 11) is 0. The maximum atomic E-state index is 12.7. The molecule has 0 amide bonds. The molecule has 22 heavy (non-hydrogen) atoms. The van der Waals surface area contributed by atoms with Gasteiger partial charge >= 0.3 is 6.18 Å². The first-order chi connectivity index (χ1) is 10.3. The van der Waals surface area contributed by atoms with Crippen molar-refractivity contribution in [3.8, 4) is 0 Å². The Morgan fingerprint density at radius 1 is 1.27 bits per heavy atom. The quantitative estimate of drug-likeness (QED) is 0.657. The summed E-state index contributed by atoms with van der Waals surface area (Å²) in [5.41, 5.74) is 0.00689. The predicted molar refractivity (Wildman–Crippen MR) is 85.4 cm³/mol. The molecule has 0 saturated carbocycles. The lowest BCUT2D eigenvalue weighted by molar-refractivity contribution is -0.140. The number of aromatic amines is 1. The van der Waals surface area contributed by atoms with Gasteiger partial charge in [-0.15, -0.1) is 0 Å². The molecular weight excluding hydrogens is 336 g/mol. The van der Waals surface area contributed by atoms with Crippen LogP contribution in [0.25, 0.3) is 17.0 Å². The third-order valence-corrected chi connectivity index (χ3v) is 3.30. The Hall–Kier alpha value is -1.72. The highest BCUT2D eigenvalue weighted by molar-refractivity contribution is 6.42. The van der Waals surface area contributed by atoms with Gasteiger partial charge in [-0.2, -0.15) is 13.2 Å². The molecular formula is C15H11Cl2F3N2. The number of alkyl halides is 3. The fourth-order valence-electron chi connectivity index (χ4n) is 1.82. The van der Waals surface area contributed by atoms with Crippen molar-refractivity contribution in [3.05, 3.63) is 51.8 Å². The van der Waals surface area contributed by atoms with Gasteiger partial charge in [0.15, 0.2) is 0 Å². The van der Waals surface area contributed by atoms with Crippen LogP contribution in [0, 0.1) is 0 Å². The number of nitrogens with one attached hydrogen (secondary N) is 1. The number of H-pyrrole nitrogens is 1. The molecule has 2 rings (SSSR count). The second-order valence-electron chi connectivity index (χ2n) is 4.43. The molecule has 0 saturated heterocycles. The number of rotatable bonds is 3. The third kappa shape index (κ3) is 3.93. The van der Waals surface area contributed by atoms with Gasteiger partial charge in [-0.1, -0.05) is 29.3 Å². The van der Waals surface area contributed by atoms with Crippen LogP contribution in [0.4, 0.5) is 13.2 Å². The molecule has 116 valence electrons. The van der Waals surface area contributed by atoms with Crippen LogP contribution in [0.3, 0.4) is 0 Å². The van der Waals surface area contributed by atoms with Crippen molar-refractivity contribution in [2.24, 2.45) is 4.99 Å². The van der Waals surface area contributed by atoms with Crippen LogP contribution in [0.15, 0.2) is 40.5 Å². The number of aliphatic imine (C=N–C) groups is 1. The van der Waals surface area contributed by atoms with Crippen LogP contribution < -0.4 is 0 Å². The van der Waals surface area contributed by atoms with Gasteiger partial charge in [0.25, 0.3) is 0 Å². The smallest absolute Gasteiger partial charge is 0.351 e. The first-order valence-electron chi connectivity index (χ1n) is 6.22. The van der Waals surface area contributed by atoms with Crippen molar-refractivity contribution in [2.75, 3.05) is 0 Å². The second-order valence-corrected chi connectivity index (χ2v) is 5.28. The summed E-state index contributed by atoms with van der Waals surface area (Å²) >= 11 is 12.1. The van der Waals surface area contributed by atoms with Gasteiger partial charge in [0.1, 0.15) is 5.69 Å². The molecule has 0 atom stereocenters. The van der Waals surface area contributed by atoms with E-state index >= 15 is 0 Å². The zero-order valence-corrected chi connectivity index (χ0v) is 12.9. The highest BCUT2D eigenvalue weighted by atomic mass is 35.5. The van der Waals surface area contributed by atoms with E-state index in [1.54, 1.807) is 12.3 Å². The fourth-order valence-corrected chi connectivity index (χ4v) is 2.21. The van der Waals surface area contributed by atoms with E-state index in [-0.39, 0.29) is 0 Å². The van der Waals surface area contributed by atoms with Crippen molar-refractivity contribution in [3.63, 3.8) is 0 Å². The minimum Gasteiger partial charge on any atom is -0.351 e. The highest BCUT2D eigenvalue weighted by Gasteiger charge is 2.32. The molecule has 0 fully saturated rings. The summed E-state index contributed by atoms with van der Waals surface area (Å²) in [6.07, 6.45) is 1.82. The minimum absolute atomic E-state index is 0.292. The van der Waals surface area contributed by atoms with E-state index in [1.165, 1.54) is 24.4 Å². The summed E-state index contributed by atoms with van der Waals surface area (Å²) in [4.78, 5) is 6.21. The fraction of sp³-hybridized carbons (Fsp3) is 0.133. The molecule has 0 radical (unpaired) electrons. The number of hydrogen-bond donors (Lipinski definition) is 1. The number of aromatic nitrogens is 1. The number of fused-ring (bicyclic) bond motifs is 1. The molecule has 0 aliphatic rings. The van der Waals surface area contributed by atoms with Crippen LogP contribution in [0.1, 0.15) is 18.2 Å². The molecule has 7 heteroatoms. The lowest BCUT2D eigenvalue weighted by Gasteiger charge is -2.01. The van der Waals surface area contributed by atoms with E-state index < -0.39 is 11.9 Å². The van der Waals surface area contributed by atoms with Gasteiger partial charge < -0.3 is 4.98 Å². The van der Waals surface area contributed by atoms with E-state index in [9.17, 15) is 13.2 Å². The number of halogens is 5. The topological polar surface area (TPSA) is 28.1 Å². The van der Waals surface area contributed by atoms with E-state index in [2.05, 4.69) is 9.98 Å². The third-order valence-electron chi connectivity index (χ3n) is 2.77. The molecule has 0 aliphatic carbocycles. The lowest BCUT2D eigenvalue weighted by atomic mass is 10.1. The van der Waals surface area contributed by atoms with Crippen molar-refractivity contribution < 1.29 is 13.2 Å². The SMILES string of the molecule is C\C=C/N=C\C(Cl)=C\c1cc2cc(C(F)(F)F)[nH]c2cc1Cl. The molecule has 1 aromatic heterocycles. The van der Waals surface area contributed by atoms with Gasteiger partial charge in [0, 0.05) is 28.3 Å². The van der Waals surface area contributed by atoms with Crippen molar-refractivity contribution in [1.29, 1.82) is 0 Å². The monoisotopic (exact) mass is 346 g/mol. The number of hydrogen-bond acceptors (Lipinski definition) is 1. The normalized spacial score (nSPS) is 13.8. The summed E-state index contributed by atoms with van der Waals surface area (Å²) in [5, 5.41) is 1.00. The van der Waals surface area contributed by atoms with Crippen molar-refractivity contribution in [2.45, 2.75) is 13.1 Å². The molecule has 1 aromatic carbocycles. The Kier molecular flexibility index (Phi) is 4.98. The second kappa shape index (κ2) is 6.58. The maximum absolute atomic E-state index is 12.7. The Morgan fingerprint density at radius 2 is 2.00 bits per heavy atom. The van der Waals surface area contributed by atoms with Crippen LogP contribution in [-0.4, -0.2) is 11.2 Å². The molecule has 0 unspecified atom stereocenters. The van der Waals surface area contributed by atoms with Gasteiger partial charge in [-0.05, 0) is 36.8 Å². The average molecular weight is 347 g/mol.